The van der Waals surface area contributed by atoms with Gasteiger partial charge in [-0.1, -0.05) is 12.1 Å². The maximum atomic E-state index is 13.7. The first kappa shape index (κ1) is 11.4. The summed E-state index contributed by atoms with van der Waals surface area (Å²) in [7, 11) is 0. The Balaban J connectivity index is 2.12. The van der Waals surface area contributed by atoms with E-state index in [9.17, 15) is 9.60 Å². The molecular weight excluding hydrogens is 245 g/mol. The molecule has 3 rings (SSSR count). The number of nitrogens with zero attached hydrogens (tertiary/aromatic N) is 3. The summed E-state index contributed by atoms with van der Waals surface area (Å²) in [5.74, 6) is -0.266. The molecule has 0 aliphatic rings. The Hall–Kier alpha value is -2.69. The summed E-state index contributed by atoms with van der Waals surface area (Å²) >= 11 is 0. The van der Waals surface area contributed by atoms with Gasteiger partial charge in [0, 0.05) is 18.0 Å². The first-order valence-electron chi connectivity index (χ1n) is 5.69. The fourth-order valence-corrected chi connectivity index (χ4v) is 1.88. The second-order valence-corrected chi connectivity index (χ2v) is 4.00. The number of hydrogen-bond donors (Lipinski definition) is 1. The molecule has 0 atom stereocenters. The molecule has 0 fully saturated rings. The van der Waals surface area contributed by atoms with E-state index >= 15 is 0 Å². The lowest BCUT2D eigenvalue weighted by molar-refractivity contribution is 0.195. The van der Waals surface area contributed by atoms with Crippen LogP contribution in [0.15, 0.2) is 55.0 Å². The molecular formula is C14H10FN3O. The van der Waals surface area contributed by atoms with Crippen molar-refractivity contribution >= 4 is 0 Å². The quantitative estimate of drug-likeness (QED) is 0.716. The zero-order chi connectivity index (χ0) is 13.2. The minimum atomic E-state index is -0.430. The van der Waals surface area contributed by atoms with Crippen LogP contribution in [0.5, 0.6) is 0 Å². The fourth-order valence-electron chi connectivity index (χ4n) is 1.88. The third kappa shape index (κ3) is 1.95. The van der Waals surface area contributed by atoms with Crippen molar-refractivity contribution in [1.29, 1.82) is 0 Å². The average molecular weight is 255 g/mol. The van der Waals surface area contributed by atoms with Gasteiger partial charge >= 0.3 is 0 Å². The van der Waals surface area contributed by atoms with Gasteiger partial charge in [-0.15, -0.1) is 0 Å². The van der Waals surface area contributed by atoms with E-state index in [4.69, 9.17) is 0 Å². The SMILES string of the molecule is On1c(-c2cccnc2)cnc1-c1ccccc1F. The van der Waals surface area contributed by atoms with Crippen LogP contribution in [0.3, 0.4) is 0 Å². The first-order valence-corrected chi connectivity index (χ1v) is 5.69. The standard InChI is InChI=1S/C14H10FN3O/c15-12-6-2-1-5-11(12)14-17-9-13(18(14)19)10-4-3-7-16-8-10/h1-9,19H. The molecule has 3 aromatic rings. The van der Waals surface area contributed by atoms with Gasteiger partial charge in [-0.05, 0) is 24.3 Å². The fraction of sp³-hybridized carbons (Fsp3) is 0. The molecule has 4 nitrogen and oxygen atoms in total. The first-order chi connectivity index (χ1) is 9.27. The molecule has 94 valence electrons. The molecule has 0 amide bonds. The molecule has 0 aliphatic heterocycles. The Bertz CT molecular complexity index is 710. The van der Waals surface area contributed by atoms with Crippen LogP contribution in [0, 0.1) is 5.82 Å². The van der Waals surface area contributed by atoms with Gasteiger partial charge in [-0.3, -0.25) is 4.98 Å². The average Bonchev–Trinajstić information content (AvgIpc) is 2.82. The van der Waals surface area contributed by atoms with Crippen LogP contribution in [0.4, 0.5) is 4.39 Å². The van der Waals surface area contributed by atoms with Crippen molar-refractivity contribution in [1.82, 2.24) is 14.7 Å². The van der Waals surface area contributed by atoms with Gasteiger partial charge in [0.2, 0.25) is 0 Å². The molecule has 2 heterocycles. The van der Waals surface area contributed by atoms with Gasteiger partial charge in [0.05, 0.1) is 11.8 Å². The van der Waals surface area contributed by atoms with Gasteiger partial charge in [-0.25, -0.2) is 9.37 Å². The molecule has 2 aromatic heterocycles. The summed E-state index contributed by atoms with van der Waals surface area (Å²) in [6.45, 7) is 0. The summed E-state index contributed by atoms with van der Waals surface area (Å²) in [5.41, 5.74) is 1.42. The largest absolute Gasteiger partial charge is 0.426 e. The van der Waals surface area contributed by atoms with Crippen molar-refractivity contribution in [2.75, 3.05) is 0 Å². The Morgan fingerprint density at radius 1 is 1.05 bits per heavy atom. The Labute approximate surface area is 108 Å². The maximum Gasteiger partial charge on any atom is 0.178 e. The van der Waals surface area contributed by atoms with E-state index < -0.39 is 5.82 Å². The van der Waals surface area contributed by atoms with E-state index in [0.717, 1.165) is 4.73 Å². The minimum absolute atomic E-state index is 0.164. The predicted molar refractivity (Wildman–Crippen MR) is 68.0 cm³/mol. The van der Waals surface area contributed by atoms with E-state index in [-0.39, 0.29) is 11.4 Å². The van der Waals surface area contributed by atoms with Gasteiger partial charge in [0.25, 0.3) is 0 Å². The Morgan fingerprint density at radius 2 is 1.89 bits per heavy atom. The highest BCUT2D eigenvalue weighted by Crippen LogP contribution is 2.26. The van der Waals surface area contributed by atoms with Gasteiger partial charge in [0.15, 0.2) is 5.82 Å². The number of halogens is 1. The zero-order valence-electron chi connectivity index (χ0n) is 9.86. The van der Waals surface area contributed by atoms with Crippen molar-refractivity contribution < 1.29 is 9.60 Å². The molecule has 1 aromatic carbocycles. The number of rotatable bonds is 2. The number of aromatic nitrogens is 3. The number of benzene rings is 1. The summed E-state index contributed by atoms with van der Waals surface area (Å²) in [5, 5.41) is 10.1. The molecule has 0 saturated carbocycles. The number of imidazole rings is 1. The van der Waals surface area contributed by atoms with Crippen molar-refractivity contribution in [3.8, 4) is 22.6 Å². The van der Waals surface area contributed by atoms with Gasteiger partial charge < -0.3 is 5.21 Å². The monoisotopic (exact) mass is 255 g/mol. The lowest BCUT2D eigenvalue weighted by Crippen LogP contribution is -1.98. The molecule has 1 N–H and O–H groups in total. The molecule has 0 bridgehead atoms. The van der Waals surface area contributed by atoms with Crippen molar-refractivity contribution in [3.05, 3.63) is 60.8 Å². The van der Waals surface area contributed by atoms with Crippen LogP contribution >= 0.6 is 0 Å². The number of hydrogen-bond acceptors (Lipinski definition) is 3. The predicted octanol–water partition coefficient (Wildman–Crippen LogP) is 2.99. The van der Waals surface area contributed by atoms with E-state index in [1.54, 1.807) is 42.7 Å². The molecule has 19 heavy (non-hydrogen) atoms. The molecule has 0 unspecified atom stereocenters. The Morgan fingerprint density at radius 3 is 2.63 bits per heavy atom. The summed E-state index contributed by atoms with van der Waals surface area (Å²) in [6.07, 6.45) is 4.73. The second-order valence-electron chi connectivity index (χ2n) is 4.00. The molecule has 0 spiro atoms. The van der Waals surface area contributed by atoms with Crippen LogP contribution < -0.4 is 0 Å². The highest BCUT2D eigenvalue weighted by atomic mass is 19.1. The van der Waals surface area contributed by atoms with Crippen molar-refractivity contribution in [2.24, 2.45) is 0 Å². The van der Waals surface area contributed by atoms with Crippen LogP contribution in [-0.2, 0) is 0 Å². The molecule has 5 heteroatoms. The van der Waals surface area contributed by atoms with Gasteiger partial charge in [0.1, 0.15) is 11.5 Å². The molecule has 0 aliphatic carbocycles. The summed E-state index contributed by atoms with van der Waals surface area (Å²) in [4.78, 5) is 8.04. The van der Waals surface area contributed by atoms with E-state index in [1.165, 1.54) is 12.3 Å². The van der Waals surface area contributed by atoms with Crippen LogP contribution in [0.2, 0.25) is 0 Å². The minimum Gasteiger partial charge on any atom is -0.426 e. The summed E-state index contributed by atoms with van der Waals surface area (Å²) in [6, 6.07) is 9.72. The van der Waals surface area contributed by atoms with E-state index in [2.05, 4.69) is 9.97 Å². The lowest BCUT2D eigenvalue weighted by atomic mass is 10.2. The topological polar surface area (TPSA) is 50.9 Å². The second kappa shape index (κ2) is 4.53. The van der Waals surface area contributed by atoms with Gasteiger partial charge in [-0.2, -0.15) is 4.73 Å². The van der Waals surface area contributed by atoms with E-state index in [0.29, 0.717) is 11.3 Å². The third-order valence-electron chi connectivity index (χ3n) is 2.81. The van der Waals surface area contributed by atoms with Crippen molar-refractivity contribution in [2.45, 2.75) is 0 Å². The highest BCUT2D eigenvalue weighted by Gasteiger charge is 2.15. The zero-order valence-corrected chi connectivity index (χ0v) is 9.86. The molecule has 0 saturated heterocycles. The Kier molecular flexibility index (Phi) is 2.72. The third-order valence-corrected chi connectivity index (χ3v) is 2.81. The van der Waals surface area contributed by atoms with Crippen LogP contribution in [-0.4, -0.2) is 19.9 Å². The normalized spacial score (nSPS) is 10.6. The molecule has 0 radical (unpaired) electrons. The van der Waals surface area contributed by atoms with Crippen LogP contribution in [0.1, 0.15) is 0 Å². The van der Waals surface area contributed by atoms with Crippen molar-refractivity contribution in [3.63, 3.8) is 0 Å². The number of pyridine rings is 1. The highest BCUT2D eigenvalue weighted by molar-refractivity contribution is 5.64. The maximum absolute atomic E-state index is 13.7. The van der Waals surface area contributed by atoms with Crippen LogP contribution in [0.25, 0.3) is 22.6 Å². The van der Waals surface area contributed by atoms with E-state index in [1.807, 2.05) is 0 Å². The summed E-state index contributed by atoms with van der Waals surface area (Å²) < 4.78 is 14.6. The lowest BCUT2D eigenvalue weighted by Gasteiger charge is -2.04. The smallest absolute Gasteiger partial charge is 0.178 e.